The topological polar surface area (TPSA) is 40.6 Å². The summed E-state index contributed by atoms with van der Waals surface area (Å²) in [7, 11) is -3.11. The van der Waals surface area contributed by atoms with Crippen LogP contribution >= 0.6 is 0 Å². The average molecular weight is 340 g/mol. The first-order valence-electron chi connectivity index (χ1n) is 8.32. The van der Waals surface area contributed by atoms with Crippen molar-refractivity contribution < 1.29 is 12.8 Å². The van der Waals surface area contributed by atoms with Crippen LogP contribution in [0.1, 0.15) is 36.9 Å². The van der Waals surface area contributed by atoms with Gasteiger partial charge in [-0.05, 0) is 43.7 Å². The van der Waals surface area contributed by atoms with Crippen molar-refractivity contribution in [1.29, 1.82) is 0 Å². The lowest BCUT2D eigenvalue weighted by Crippen LogP contribution is -2.45. The highest BCUT2D eigenvalue weighted by Crippen LogP contribution is 2.33. The molecule has 0 saturated carbocycles. The summed E-state index contributed by atoms with van der Waals surface area (Å²) in [6.07, 6.45) is 4.09. The molecule has 2 atom stereocenters. The molecule has 0 N–H and O–H groups in total. The number of benzene rings is 1. The van der Waals surface area contributed by atoms with Crippen LogP contribution in [0.5, 0.6) is 0 Å². The second-order valence-electron chi connectivity index (χ2n) is 6.86. The summed E-state index contributed by atoms with van der Waals surface area (Å²) in [5.41, 5.74) is 1.92. The molecule has 0 aliphatic carbocycles. The van der Waals surface area contributed by atoms with E-state index in [9.17, 15) is 12.8 Å². The van der Waals surface area contributed by atoms with Crippen LogP contribution in [-0.2, 0) is 16.4 Å². The Labute approximate surface area is 138 Å². The number of nitrogens with zero attached hydrogens (tertiary/aromatic N) is 2. The smallest absolute Gasteiger partial charge is 0.211 e. The summed E-state index contributed by atoms with van der Waals surface area (Å²) in [6, 6.07) is 5.37. The van der Waals surface area contributed by atoms with Crippen molar-refractivity contribution in [2.45, 2.75) is 32.2 Å². The van der Waals surface area contributed by atoms with Gasteiger partial charge in [0, 0.05) is 37.8 Å². The van der Waals surface area contributed by atoms with Crippen molar-refractivity contribution >= 4 is 10.0 Å². The molecule has 0 amide bonds. The van der Waals surface area contributed by atoms with Crippen molar-refractivity contribution in [1.82, 2.24) is 9.21 Å². The molecule has 2 aliphatic rings. The van der Waals surface area contributed by atoms with E-state index in [1.165, 1.54) is 12.3 Å². The standard InChI is InChI=1S/C17H25FN2O2S/c1-13-17-15(6-3-7-16(17)18)8-10-19(13)11-14-5-4-9-20(12-14)23(2,21)22/h3,6-7,13-14H,4-5,8-12H2,1-2H3/t13-,14+/m0/s1. The maximum atomic E-state index is 14.2. The van der Waals surface area contributed by atoms with Crippen LogP contribution in [0.2, 0.25) is 0 Å². The zero-order chi connectivity index (χ0) is 16.6. The number of fused-ring (bicyclic) bond motifs is 1. The number of halogens is 1. The van der Waals surface area contributed by atoms with Crippen LogP contribution in [0, 0.1) is 11.7 Å². The molecule has 1 aromatic rings. The number of rotatable bonds is 3. The number of piperidine rings is 1. The fourth-order valence-corrected chi connectivity index (χ4v) is 4.91. The second-order valence-corrected chi connectivity index (χ2v) is 8.85. The molecule has 1 aromatic carbocycles. The first-order chi connectivity index (χ1) is 10.9. The van der Waals surface area contributed by atoms with Gasteiger partial charge >= 0.3 is 0 Å². The van der Waals surface area contributed by atoms with Gasteiger partial charge in [-0.2, -0.15) is 0 Å². The molecule has 23 heavy (non-hydrogen) atoms. The molecule has 128 valence electrons. The van der Waals surface area contributed by atoms with Crippen LogP contribution in [0.15, 0.2) is 18.2 Å². The predicted octanol–water partition coefficient (Wildman–Crippen LogP) is 2.42. The van der Waals surface area contributed by atoms with Crippen LogP contribution in [0.4, 0.5) is 4.39 Å². The van der Waals surface area contributed by atoms with Crippen molar-refractivity contribution in [3.8, 4) is 0 Å². The molecule has 4 nitrogen and oxygen atoms in total. The Hall–Kier alpha value is -0.980. The zero-order valence-electron chi connectivity index (χ0n) is 13.8. The molecule has 0 unspecified atom stereocenters. The zero-order valence-corrected chi connectivity index (χ0v) is 14.7. The molecular formula is C17H25FN2O2S. The third-order valence-electron chi connectivity index (χ3n) is 5.22. The second kappa shape index (κ2) is 6.49. The van der Waals surface area contributed by atoms with E-state index >= 15 is 0 Å². The fraction of sp³-hybridized carbons (Fsp3) is 0.647. The van der Waals surface area contributed by atoms with E-state index < -0.39 is 10.0 Å². The summed E-state index contributed by atoms with van der Waals surface area (Å²) in [4.78, 5) is 2.31. The molecule has 2 heterocycles. The van der Waals surface area contributed by atoms with Gasteiger partial charge in [-0.1, -0.05) is 12.1 Å². The van der Waals surface area contributed by atoms with Gasteiger partial charge in [0.25, 0.3) is 0 Å². The van der Waals surface area contributed by atoms with E-state index in [2.05, 4.69) is 11.8 Å². The summed E-state index contributed by atoms with van der Waals surface area (Å²) < 4.78 is 39.3. The highest BCUT2D eigenvalue weighted by atomic mass is 32.2. The average Bonchev–Trinajstić information content (AvgIpc) is 2.50. The van der Waals surface area contributed by atoms with E-state index in [-0.39, 0.29) is 11.9 Å². The maximum Gasteiger partial charge on any atom is 0.211 e. The number of hydrogen-bond acceptors (Lipinski definition) is 3. The van der Waals surface area contributed by atoms with Gasteiger partial charge in [0.1, 0.15) is 5.82 Å². The predicted molar refractivity (Wildman–Crippen MR) is 89.2 cm³/mol. The van der Waals surface area contributed by atoms with Gasteiger partial charge in [0.15, 0.2) is 0 Å². The van der Waals surface area contributed by atoms with Crippen LogP contribution in [0.3, 0.4) is 0 Å². The van der Waals surface area contributed by atoms with Gasteiger partial charge in [0.2, 0.25) is 10.0 Å². The summed E-state index contributed by atoms with van der Waals surface area (Å²) in [6.45, 7) is 5.01. The van der Waals surface area contributed by atoms with Gasteiger partial charge in [-0.25, -0.2) is 17.1 Å². The molecule has 2 aliphatic heterocycles. The minimum Gasteiger partial charge on any atom is -0.296 e. The Kier molecular flexibility index (Phi) is 4.76. The van der Waals surface area contributed by atoms with Crippen molar-refractivity contribution in [2.75, 3.05) is 32.4 Å². The number of sulfonamides is 1. The van der Waals surface area contributed by atoms with Gasteiger partial charge in [0.05, 0.1) is 6.26 Å². The molecule has 0 aromatic heterocycles. The van der Waals surface area contributed by atoms with Crippen LogP contribution < -0.4 is 0 Å². The monoisotopic (exact) mass is 340 g/mol. The highest BCUT2D eigenvalue weighted by Gasteiger charge is 2.31. The molecular weight excluding hydrogens is 315 g/mol. The molecule has 3 rings (SSSR count). The van der Waals surface area contributed by atoms with Crippen molar-refractivity contribution in [3.63, 3.8) is 0 Å². The molecule has 0 bridgehead atoms. The van der Waals surface area contributed by atoms with E-state index in [1.807, 2.05) is 6.07 Å². The molecule has 1 saturated heterocycles. The van der Waals surface area contributed by atoms with E-state index in [0.29, 0.717) is 19.0 Å². The van der Waals surface area contributed by atoms with Crippen molar-refractivity contribution in [2.24, 2.45) is 5.92 Å². The van der Waals surface area contributed by atoms with Crippen molar-refractivity contribution in [3.05, 3.63) is 35.1 Å². The molecule has 0 spiro atoms. The van der Waals surface area contributed by atoms with Gasteiger partial charge in [-0.15, -0.1) is 0 Å². The minimum absolute atomic E-state index is 0.0496. The van der Waals surface area contributed by atoms with Crippen LogP contribution in [0.25, 0.3) is 0 Å². The highest BCUT2D eigenvalue weighted by molar-refractivity contribution is 7.88. The Morgan fingerprint density at radius 2 is 2.09 bits per heavy atom. The first-order valence-corrected chi connectivity index (χ1v) is 10.2. The van der Waals surface area contributed by atoms with E-state index in [4.69, 9.17) is 0 Å². The fourth-order valence-electron chi connectivity index (χ4n) is 3.97. The first kappa shape index (κ1) is 16.9. The summed E-state index contributed by atoms with van der Waals surface area (Å²) in [5.74, 6) is 0.204. The van der Waals surface area contributed by atoms with Gasteiger partial charge < -0.3 is 0 Å². The lowest BCUT2D eigenvalue weighted by atomic mass is 9.91. The lowest BCUT2D eigenvalue weighted by Gasteiger charge is -2.40. The SMILES string of the molecule is C[C@H]1c2c(F)cccc2CCN1C[C@H]1CCCN(S(C)(=O)=O)C1. The number of hydrogen-bond donors (Lipinski definition) is 0. The quantitative estimate of drug-likeness (QED) is 0.848. The molecule has 0 radical (unpaired) electrons. The van der Waals surface area contributed by atoms with E-state index in [0.717, 1.165) is 43.5 Å². The third kappa shape index (κ3) is 3.59. The Morgan fingerprint density at radius 1 is 1.30 bits per heavy atom. The third-order valence-corrected chi connectivity index (χ3v) is 6.49. The minimum atomic E-state index is -3.11. The Morgan fingerprint density at radius 3 is 2.83 bits per heavy atom. The normalized spacial score (nSPS) is 26.9. The largest absolute Gasteiger partial charge is 0.296 e. The maximum absolute atomic E-state index is 14.2. The lowest BCUT2D eigenvalue weighted by molar-refractivity contribution is 0.135. The van der Waals surface area contributed by atoms with Crippen LogP contribution in [-0.4, -0.2) is 50.1 Å². The Balaban J connectivity index is 1.71. The molecule has 6 heteroatoms. The van der Waals surface area contributed by atoms with E-state index in [1.54, 1.807) is 10.4 Å². The van der Waals surface area contributed by atoms with Gasteiger partial charge in [-0.3, -0.25) is 4.90 Å². The summed E-state index contributed by atoms with van der Waals surface area (Å²) >= 11 is 0. The summed E-state index contributed by atoms with van der Waals surface area (Å²) in [5, 5.41) is 0. The molecule has 1 fully saturated rings. The Bertz CT molecular complexity index is 677.